The lowest BCUT2D eigenvalue weighted by atomic mass is 9.59. The molecule has 0 aliphatic rings. The molecule has 0 aromatic carbocycles. The zero-order chi connectivity index (χ0) is 18.6. The number of hydrogen-bond donors (Lipinski definition) is 2. The molecule has 0 saturated carbocycles. The monoisotopic (exact) mass is 328 g/mol. The predicted octanol–water partition coefficient (Wildman–Crippen LogP) is 5.07. The summed E-state index contributed by atoms with van der Waals surface area (Å²) in [6.07, 6.45) is 1.86. The zero-order valence-electron chi connectivity index (χ0n) is 16.2. The van der Waals surface area contributed by atoms with Gasteiger partial charge in [0.25, 0.3) is 0 Å². The molecule has 1 unspecified atom stereocenters. The van der Waals surface area contributed by atoms with Crippen molar-refractivity contribution in [3.63, 3.8) is 0 Å². The van der Waals surface area contributed by atoms with Gasteiger partial charge in [0.2, 0.25) is 0 Å². The van der Waals surface area contributed by atoms with Gasteiger partial charge in [-0.1, -0.05) is 61.8 Å². The highest BCUT2D eigenvalue weighted by atomic mass is 16.4. The first kappa shape index (κ1) is 21.9. The third-order valence-electron chi connectivity index (χ3n) is 4.12. The van der Waals surface area contributed by atoms with E-state index >= 15 is 0 Å². The highest BCUT2D eigenvalue weighted by Gasteiger charge is 2.52. The second-order valence-corrected chi connectivity index (χ2v) is 9.80. The zero-order valence-corrected chi connectivity index (χ0v) is 16.2. The lowest BCUT2D eigenvalue weighted by molar-refractivity contribution is -0.168. The van der Waals surface area contributed by atoms with Crippen molar-refractivity contribution < 1.29 is 19.8 Å². The summed E-state index contributed by atoms with van der Waals surface area (Å²) in [6, 6.07) is 0. The molecule has 136 valence electrons. The largest absolute Gasteiger partial charge is 0.481 e. The van der Waals surface area contributed by atoms with E-state index in [1.54, 1.807) is 0 Å². The van der Waals surface area contributed by atoms with Gasteiger partial charge in [-0.25, -0.2) is 0 Å². The summed E-state index contributed by atoms with van der Waals surface area (Å²) in [7, 11) is 0. The van der Waals surface area contributed by atoms with Crippen LogP contribution in [0.1, 0.15) is 81.1 Å². The van der Waals surface area contributed by atoms with E-state index in [0.29, 0.717) is 25.2 Å². The van der Waals surface area contributed by atoms with Crippen molar-refractivity contribution in [3.8, 4) is 0 Å². The van der Waals surface area contributed by atoms with Crippen LogP contribution in [-0.2, 0) is 9.59 Å². The minimum Gasteiger partial charge on any atom is -0.481 e. The number of aliphatic carboxylic acids is 2. The molecule has 0 heterocycles. The van der Waals surface area contributed by atoms with E-state index in [0.717, 1.165) is 6.42 Å². The lowest BCUT2D eigenvalue weighted by Gasteiger charge is -2.43. The Morgan fingerprint density at radius 3 is 1.43 bits per heavy atom. The van der Waals surface area contributed by atoms with Crippen molar-refractivity contribution >= 4 is 11.9 Å². The van der Waals surface area contributed by atoms with E-state index in [4.69, 9.17) is 0 Å². The van der Waals surface area contributed by atoms with Crippen LogP contribution < -0.4 is 0 Å². The van der Waals surface area contributed by atoms with E-state index < -0.39 is 23.3 Å². The molecule has 0 radical (unpaired) electrons. The SMILES string of the molecule is CC(C)CCC(C(=O)O)C(CC(C)(C)C)(CC(C)(C)C)C(=O)O. The number of carbonyl (C=O) groups is 2. The fourth-order valence-electron chi connectivity index (χ4n) is 3.64. The molecule has 0 saturated heterocycles. The van der Waals surface area contributed by atoms with Gasteiger partial charge in [0.15, 0.2) is 0 Å². The smallest absolute Gasteiger partial charge is 0.310 e. The summed E-state index contributed by atoms with van der Waals surface area (Å²) in [6.45, 7) is 16.0. The second-order valence-electron chi connectivity index (χ2n) is 9.80. The molecular formula is C19H36O4. The van der Waals surface area contributed by atoms with Crippen molar-refractivity contribution in [1.82, 2.24) is 0 Å². The predicted molar refractivity (Wildman–Crippen MR) is 93.4 cm³/mol. The third-order valence-corrected chi connectivity index (χ3v) is 4.12. The molecule has 0 aliphatic carbocycles. The normalized spacial score (nSPS) is 14.8. The van der Waals surface area contributed by atoms with Gasteiger partial charge >= 0.3 is 11.9 Å². The molecule has 0 bridgehead atoms. The maximum atomic E-state index is 12.3. The van der Waals surface area contributed by atoms with Gasteiger partial charge < -0.3 is 10.2 Å². The Balaban J connectivity index is 6.00. The number of carboxylic acid groups (broad SMARTS) is 2. The molecule has 4 nitrogen and oxygen atoms in total. The highest BCUT2D eigenvalue weighted by Crippen LogP contribution is 2.49. The van der Waals surface area contributed by atoms with Crippen molar-refractivity contribution in [1.29, 1.82) is 0 Å². The molecule has 0 fully saturated rings. The fraction of sp³-hybridized carbons (Fsp3) is 0.895. The summed E-state index contributed by atoms with van der Waals surface area (Å²) in [5, 5.41) is 19.9. The van der Waals surface area contributed by atoms with E-state index in [1.165, 1.54) is 0 Å². The van der Waals surface area contributed by atoms with Gasteiger partial charge in [-0.15, -0.1) is 0 Å². The quantitative estimate of drug-likeness (QED) is 0.652. The maximum Gasteiger partial charge on any atom is 0.310 e. The second kappa shape index (κ2) is 7.67. The van der Waals surface area contributed by atoms with Gasteiger partial charge in [-0.05, 0) is 36.0 Å². The van der Waals surface area contributed by atoms with Gasteiger partial charge in [0.05, 0.1) is 11.3 Å². The fourth-order valence-corrected chi connectivity index (χ4v) is 3.64. The lowest BCUT2D eigenvalue weighted by Crippen LogP contribution is -2.47. The van der Waals surface area contributed by atoms with Gasteiger partial charge in [-0.2, -0.15) is 0 Å². The molecular weight excluding hydrogens is 292 g/mol. The Bertz CT molecular complexity index is 394. The van der Waals surface area contributed by atoms with E-state index in [-0.39, 0.29) is 10.8 Å². The molecule has 0 rings (SSSR count). The first-order valence-corrected chi connectivity index (χ1v) is 8.57. The molecule has 2 N–H and O–H groups in total. The van der Waals surface area contributed by atoms with Gasteiger partial charge in [0.1, 0.15) is 0 Å². The van der Waals surface area contributed by atoms with Crippen LogP contribution in [-0.4, -0.2) is 22.2 Å². The van der Waals surface area contributed by atoms with Crippen LogP contribution in [0.4, 0.5) is 0 Å². The van der Waals surface area contributed by atoms with E-state index in [2.05, 4.69) is 0 Å². The number of rotatable bonds is 8. The minimum atomic E-state index is -1.24. The molecule has 0 aliphatic heterocycles. The molecule has 0 aromatic rings. The van der Waals surface area contributed by atoms with Crippen LogP contribution >= 0.6 is 0 Å². The Hall–Kier alpha value is -1.06. The topological polar surface area (TPSA) is 74.6 Å². The van der Waals surface area contributed by atoms with Crippen LogP contribution in [0, 0.1) is 28.1 Å². The third kappa shape index (κ3) is 7.36. The van der Waals surface area contributed by atoms with Gasteiger partial charge in [-0.3, -0.25) is 9.59 Å². The van der Waals surface area contributed by atoms with Crippen LogP contribution in [0.2, 0.25) is 0 Å². The van der Waals surface area contributed by atoms with Crippen molar-refractivity contribution in [3.05, 3.63) is 0 Å². The number of hydrogen-bond acceptors (Lipinski definition) is 2. The average Bonchev–Trinajstić information content (AvgIpc) is 2.22. The van der Waals surface area contributed by atoms with Crippen molar-refractivity contribution in [2.45, 2.75) is 81.1 Å². The molecule has 0 amide bonds. The van der Waals surface area contributed by atoms with E-state index in [1.807, 2.05) is 55.4 Å². The summed E-state index contributed by atoms with van der Waals surface area (Å²) in [5.74, 6) is -2.46. The summed E-state index contributed by atoms with van der Waals surface area (Å²) < 4.78 is 0. The maximum absolute atomic E-state index is 12.3. The van der Waals surface area contributed by atoms with Crippen LogP contribution in [0.3, 0.4) is 0 Å². The van der Waals surface area contributed by atoms with Crippen molar-refractivity contribution in [2.75, 3.05) is 0 Å². The summed E-state index contributed by atoms with van der Waals surface area (Å²) >= 11 is 0. The van der Waals surface area contributed by atoms with E-state index in [9.17, 15) is 19.8 Å². The van der Waals surface area contributed by atoms with Crippen LogP contribution in [0.25, 0.3) is 0 Å². The first-order chi connectivity index (χ1) is 10.1. The highest BCUT2D eigenvalue weighted by molar-refractivity contribution is 5.83. The first-order valence-electron chi connectivity index (χ1n) is 8.57. The Kier molecular flexibility index (Phi) is 7.32. The summed E-state index contributed by atoms with van der Waals surface area (Å²) in [4.78, 5) is 24.3. The van der Waals surface area contributed by atoms with Crippen LogP contribution in [0.5, 0.6) is 0 Å². The minimum absolute atomic E-state index is 0.255. The van der Waals surface area contributed by atoms with Gasteiger partial charge in [0, 0.05) is 0 Å². The van der Waals surface area contributed by atoms with Crippen molar-refractivity contribution in [2.24, 2.45) is 28.1 Å². The number of carboxylic acids is 2. The molecule has 23 heavy (non-hydrogen) atoms. The standard InChI is InChI=1S/C19H36O4/c1-13(2)9-10-14(15(20)21)19(16(22)23,11-17(3,4)5)12-18(6,7)8/h13-14H,9-12H2,1-8H3,(H,20,21)(H,22,23). The Morgan fingerprint density at radius 2 is 1.22 bits per heavy atom. The van der Waals surface area contributed by atoms with Crippen LogP contribution in [0.15, 0.2) is 0 Å². The molecule has 1 atom stereocenters. The molecule has 0 aromatic heterocycles. The Labute approximate surface area is 141 Å². The average molecular weight is 328 g/mol. The molecule has 0 spiro atoms. The Morgan fingerprint density at radius 1 is 0.826 bits per heavy atom. The molecule has 4 heteroatoms. The summed E-state index contributed by atoms with van der Waals surface area (Å²) in [5.41, 5.74) is -1.75.